The zero-order valence-corrected chi connectivity index (χ0v) is 16.3. The van der Waals surface area contributed by atoms with Crippen LogP contribution in [0, 0.1) is 20.2 Å². The van der Waals surface area contributed by atoms with Gasteiger partial charge in [-0.15, -0.1) is 0 Å². The second-order valence-corrected chi connectivity index (χ2v) is 6.26. The van der Waals surface area contributed by atoms with Crippen LogP contribution in [0.2, 0.25) is 0 Å². The molecule has 0 amide bonds. The van der Waals surface area contributed by atoms with Gasteiger partial charge in [0, 0.05) is 23.8 Å². The zero-order chi connectivity index (χ0) is 22.4. The lowest BCUT2D eigenvalue weighted by Gasteiger charge is -2.08. The summed E-state index contributed by atoms with van der Waals surface area (Å²) >= 11 is 0. The predicted octanol–water partition coefficient (Wildman–Crippen LogP) is 5.20. The van der Waals surface area contributed by atoms with Gasteiger partial charge in [-0.3, -0.25) is 25.0 Å². The minimum absolute atomic E-state index is 0.0500. The van der Waals surface area contributed by atoms with Crippen molar-refractivity contribution >= 4 is 23.2 Å². The van der Waals surface area contributed by atoms with Gasteiger partial charge in [0.2, 0.25) is 5.75 Å². The van der Waals surface area contributed by atoms with Gasteiger partial charge in [-0.05, 0) is 54.1 Å². The lowest BCUT2D eigenvalue weighted by atomic mass is 10.1. The van der Waals surface area contributed by atoms with Crippen molar-refractivity contribution in [2.75, 3.05) is 7.11 Å². The standard InChI is InChI=1S/C22H16N2O7/c1-30-18-8-10-19(11-9-18)31-22-13-3-15(14-20(22)24(28)29)2-12-21(25)16-4-6-17(7-5-16)23(26)27/h2-14H,1H3/b12-2+. The number of ether oxygens (including phenoxy) is 2. The summed E-state index contributed by atoms with van der Waals surface area (Å²) in [6.07, 6.45) is 2.66. The zero-order valence-electron chi connectivity index (χ0n) is 16.3. The summed E-state index contributed by atoms with van der Waals surface area (Å²) in [5, 5.41) is 22.2. The summed E-state index contributed by atoms with van der Waals surface area (Å²) in [6, 6.07) is 16.1. The van der Waals surface area contributed by atoms with E-state index in [0.29, 0.717) is 17.1 Å². The largest absolute Gasteiger partial charge is 0.497 e. The third kappa shape index (κ3) is 5.30. The lowest BCUT2D eigenvalue weighted by molar-refractivity contribution is -0.385. The number of carbonyl (C=O) groups excluding carboxylic acids is 1. The Hall–Kier alpha value is -4.53. The van der Waals surface area contributed by atoms with Crippen molar-refractivity contribution in [2.24, 2.45) is 0 Å². The Morgan fingerprint density at radius 2 is 1.52 bits per heavy atom. The van der Waals surface area contributed by atoms with E-state index in [1.165, 1.54) is 55.7 Å². The SMILES string of the molecule is COc1ccc(Oc2ccc(/C=C/C(=O)c3ccc([N+](=O)[O-])cc3)cc2[N+](=O)[O-])cc1. The first-order valence-electron chi connectivity index (χ1n) is 8.94. The van der Waals surface area contributed by atoms with E-state index in [0.717, 1.165) is 0 Å². The molecule has 3 aromatic rings. The van der Waals surface area contributed by atoms with Crippen molar-refractivity contribution in [3.63, 3.8) is 0 Å². The van der Waals surface area contributed by atoms with Gasteiger partial charge in [-0.25, -0.2) is 0 Å². The highest BCUT2D eigenvalue weighted by Crippen LogP contribution is 2.33. The average Bonchev–Trinajstić information content (AvgIpc) is 2.78. The third-order valence-electron chi connectivity index (χ3n) is 4.26. The molecular weight excluding hydrogens is 404 g/mol. The van der Waals surface area contributed by atoms with Crippen LogP contribution in [0.3, 0.4) is 0 Å². The minimum Gasteiger partial charge on any atom is -0.497 e. The maximum Gasteiger partial charge on any atom is 0.312 e. The molecule has 0 unspecified atom stereocenters. The molecule has 0 atom stereocenters. The normalized spacial score (nSPS) is 10.6. The molecule has 0 aliphatic heterocycles. The van der Waals surface area contributed by atoms with Gasteiger partial charge in [0.25, 0.3) is 5.69 Å². The minimum atomic E-state index is -0.575. The van der Waals surface area contributed by atoms with Gasteiger partial charge in [-0.1, -0.05) is 12.1 Å². The third-order valence-corrected chi connectivity index (χ3v) is 4.26. The predicted molar refractivity (Wildman–Crippen MR) is 113 cm³/mol. The highest BCUT2D eigenvalue weighted by Gasteiger charge is 2.16. The van der Waals surface area contributed by atoms with Crippen molar-refractivity contribution in [3.8, 4) is 17.2 Å². The number of carbonyl (C=O) groups is 1. The molecule has 0 aromatic heterocycles. The molecule has 0 saturated heterocycles. The van der Waals surface area contributed by atoms with Crippen LogP contribution in [0.1, 0.15) is 15.9 Å². The van der Waals surface area contributed by atoms with E-state index in [4.69, 9.17) is 9.47 Å². The van der Waals surface area contributed by atoms with E-state index >= 15 is 0 Å². The Kier molecular flexibility index (Phi) is 6.36. The van der Waals surface area contributed by atoms with E-state index in [1.807, 2.05) is 0 Å². The van der Waals surface area contributed by atoms with Crippen molar-refractivity contribution in [1.29, 1.82) is 0 Å². The monoisotopic (exact) mass is 420 g/mol. The van der Waals surface area contributed by atoms with Gasteiger partial charge in [-0.2, -0.15) is 0 Å². The van der Waals surface area contributed by atoms with Crippen LogP contribution in [0.15, 0.2) is 72.8 Å². The number of hydrogen-bond acceptors (Lipinski definition) is 7. The number of methoxy groups -OCH3 is 1. The fraction of sp³-hybridized carbons (Fsp3) is 0.0455. The number of non-ortho nitro benzene ring substituents is 1. The summed E-state index contributed by atoms with van der Waals surface area (Å²) in [5.41, 5.74) is 0.296. The Balaban J connectivity index is 1.78. The molecule has 0 heterocycles. The Labute approximate surface area is 176 Å². The maximum absolute atomic E-state index is 12.3. The topological polar surface area (TPSA) is 122 Å². The van der Waals surface area contributed by atoms with Crippen LogP contribution in [-0.2, 0) is 0 Å². The van der Waals surface area contributed by atoms with Crippen LogP contribution >= 0.6 is 0 Å². The summed E-state index contributed by atoms with van der Waals surface area (Å²) in [4.78, 5) is 33.3. The molecule has 0 bridgehead atoms. The highest BCUT2D eigenvalue weighted by molar-refractivity contribution is 6.06. The Morgan fingerprint density at radius 3 is 2.10 bits per heavy atom. The second kappa shape index (κ2) is 9.31. The molecule has 3 aromatic carbocycles. The number of allylic oxidation sites excluding steroid dienone is 1. The van der Waals surface area contributed by atoms with Gasteiger partial charge >= 0.3 is 5.69 Å². The number of nitrogens with zero attached hydrogens (tertiary/aromatic N) is 2. The van der Waals surface area contributed by atoms with Crippen LogP contribution in [0.5, 0.6) is 17.2 Å². The van der Waals surface area contributed by atoms with Crippen LogP contribution < -0.4 is 9.47 Å². The van der Waals surface area contributed by atoms with Crippen molar-refractivity contribution in [2.45, 2.75) is 0 Å². The van der Waals surface area contributed by atoms with Crippen molar-refractivity contribution in [1.82, 2.24) is 0 Å². The quantitative estimate of drug-likeness (QED) is 0.212. The molecule has 9 nitrogen and oxygen atoms in total. The molecule has 0 N–H and O–H groups in total. The number of benzene rings is 3. The highest BCUT2D eigenvalue weighted by atomic mass is 16.6. The van der Waals surface area contributed by atoms with Gasteiger partial charge in [0.1, 0.15) is 11.5 Å². The van der Waals surface area contributed by atoms with Gasteiger partial charge in [0.15, 0.2) is 5.78 Å². The molecule has 3 rings (SSSR count). The molecule has 0 saturated carbocycles. The average molecular weight is 420 g/mol. The van der Waals surface area contributed by atoms with E-state index < -0.39 is 15.6 Å². The van der Waals surface area contributed by atoms with E-state index in [2.05, 4.69) is 0 Å². The molecule has 0 aliphatic carbocycles. The first kappa shape index (κ1) is 21.2. The van der Waals surface area contributed by atoms with Crippen molar-refractivity contribution in [3.05, 3.63) is 104 Å². The number of nitro benzene ring substituents is 2. The van der Waals surface area contributed by atoms with Crippen LogP contribution in [0.25, 0.3) is 6.08 Å². The number of rotatable bonds is 8. The molecule has 0 spiro atoms. The van der Waals surface area contributed by atoms with E-state index in [-0.39, 0.29) is 22.7 Å². The summed E-state index contributed by atoms with van der Waals surface area (Å²) < 4.78 is 10.7. The smallest absolute Gasteiger partial charge is 0.312 e. The Bertz CT molecular complexity index is 1150. The number of hydrogen-bond donors (Lipinski definition) is 0. The summed E-state index contributed by atoms with van der Waals surface area (Å²) in [6.45, 7) is 0. The maximum atomic E-state index is 12.3. The molecule has 156 valence electrons. The lowest BCUT2D eigenvalue weighted by Crippen LogP contribution is -1.96. The van der Waals surface area contributed by atoms with Crippen LogP contribution in [0.4, 0.5) is 11.4 Å². The van der Waals surface area contributed by atoms with Crippen molar-refractivity contribution < 1.29 is 24.1 Å². The molecule has 0 aliphatic rings. The fourth-order valence-electron chi connectivity index (χ4n) is 2.65. The molecule has 0 radical (unpaired) electrons. The molecule has 0 fully saturated rings. The molecule has 31 heavy (non-hydrogen) atoms. The molecular formula is C22H16N2O7. The second-order valence-electron chi connectivity index (χ2n) is 6.26. The summed E-state index contributed by atoms with van der Waals surface area (Å²) in [7, 11) is 1.53. The van der Waals surface area contributed by atoms with E-state index in [9.17, 15) is 25.0 Å². The first-order chi connectivity index (χ1) is 14.9. The fourth-order valence-corrected chi connectivity index (χ4v) is 2.65. The van der Waals surface area contributed by atoms with Gasteiger partial charge < -0.3 is 9.47 Å². The number of ketones is 1. The van der Waals surface area contributed by atoms with Gasteiger partial charge in [0.05, 0.1) is 17.0 Å². The summed E-state index contributed by atoms with van der Waals surface area (Å²) in [5.74, 6) is 0.686. The van der Waals surface area contributed by atoms with E-state index in [1.54, 1.807) is 30.3 Å². The Morgan fingerprint density at radius 1 is 0.871 bits per heavy atom. The molecule has 9 heteroatoms. The first-order valence-corrected chi connectivity index (χ1v) is 8.94. The number of nitro groups is 2. The van der Waals surface area contributed by atoms with Crippen LogP contribution in [-0.4, -0.2) is 22.7 Å².